The molecule has 2 fully saturated rings. The molecule has 2 aliphatic rings. The number of hydrogen-bond acceptors (Lipinski definition) is 4. The summed E-state index contributed by atoms with van der Waals surface area (Å²) >= 11 is 0. The molecule has 0 bridgehead atoms. The van der Waals surface area contributed by atoms with Crippen molar-refractivity contribution in [1.82, 2.24) is 0 Å². The monoisotopic (exact) mass is 250 g/mol. The van der Waals surface area contributed by atoms with Crippen molar-refractivity contribution in [2.75, 3.05) is 13.2 Å². The molecule has 0 amide bonds. The third-order valence-corrected chi connectivity index (χ3v) is 3.17. The summed E-state index contributed by atoms with van der Waals surface area (Å²) in [7, 11) is 0. The maximum Gasteiger partial charge on any atom is 0.333 e. The van der Waals surface area contributed by atoms with Gasteiger partial charge in [-0.3, -0.25) is 0 Å². The minimum absolute atomic E-state index is 0.161. The van der Waals surface area contributed by atoms with Crippen LogP contribution in [0, 0.1) is 0 Å². The molecule has 18 heavy (non-hydrogen) atoms. The van der Waals surface area contributed by atoms with Crippen LogP contribution in [-0.4, -0.2) is 25.2 Å². The number of unbranched alkanes of at least 4 members (excludes halogenated alkanes) is 3. The molecule has 0 unspecified atom stereocenters. The van der Waals surface area contributed by atoms with Crippen LogP contribution in [0.5, 0.6) is 0 Å². The molecule has 2 saturated heterocycles. The molecule has 2 heterocycles. The highest BCUT2D eigenvalue weighted by Gasteiger charge is 2.18. The lowest BCUT2D eigenvalue weighted by Gasteiger charge is -1.96. The van der Waals surface area contributed by atoms with E-state index in [4.69, 9.17) is 9.47 Å². The van der Waals surface area contributed by atoms with Crippen LogP contribution in [0.2, 0.25) is 0 Å². The number of ether oxygens (including phenoxy) is 2. The Hall–Kier alpha value is -1.58. The van der Waals surface area contributed by atoms with E-state index in [2.05, 4.69) is 0 Å². The number of hydrogen-bond donors (Lipinski definition) is 0. The fourth-order valence-corrected chi connectivity index (χ4v) is 2.11. The standard InChI is InChI=1S/C14H18O4/c15-13-11(7-9-17-13)5-3-1-2-4-6-12-8-10-18-14(12)16/h5-6H,1-4,7-10H2/b11-5-,12-6+. The van der Waals surface area contributed by atoms with Crippen molar-refractivity contribution in [3.05, 3.63) is 23.3 Å². The zero-order chi connectivity index (χ0) is 12.8. The van der Waals surface area contributed by atoms with Crippen molar-refractivity contribution in [1.29, 1.82) is 0 Å². The molecule has 98 valence electrons. The van der Waals surface area contributed by atoms with Gasteiger partial charge in [0, 0.05) is 24.0 Å². The highest BCUT2D eigenvalue weighted by molar-refractivity contribution is 5.90. The summed E-state index contributed by atoms with van der Waals surface area (Å²) in [6.07, 6.45) is 9.30. The van der Waals surface area contributed by atoms with Crippen molar-refractivity contribution in [2.24, 2.45) is 0 Å². The molecule has 0 N–H and O–H groups in total. The molecule has 0 aromatic heterocycles. The van der Waals surface area contributed by atoms with Crippen molar-refractivity contribution in [3.63, 3.8) is 0 Å². The van der Waals surface area contributed by atoms with Gasteiger partial charge in [-0.05, 0) is 25.7 Å². The van der Waals surface area contributed by atoms with Crippen LogP contribution in [-0.2, 0) is 19.1 Å². The minimum Gasteiger partial charge on any atom is -0.462 e. The van der Waals surface area contributed by atoms with E-state index in [0.717, 1.165) is 49.7 Å². The lowest BCUT2D eigenvalue weighted by atomic mass is 10.1. The number of carbonyl (C=O) groups is 2. The van der Waals surface area contributed by atoms with E-state index in [-0.39, 0.29) is 11.9 Å². The fourth-order valence-electron chi connectivity index (χ4n) is 2.11. The molecule has 0 aromatic carbocycles. The molecular formula is C14H18O4. The Morgan fingerprint density at radius 2 is 1.28 bits per heavy atom. The number of carbonyl (C=O) groups excluding carboxylic acids is 2. The van der Waals surface area contributed by atoms with Crippen LogP contribution in [0.3, 0.4) is 0 Å². The van der Waals surface area contributed by atoms with E-state index in [0.29, 0.717) is 13.2 Å². The summed E-state index contributed by atoms with van der Waals surface area (Å²) in [5, 5.41) is 0. The molecule has 2 rings (SSSR count). The molecular weight excluding hydrogens is 232 g/mol. The lowest BCUT2D eigenvalue weighted by molar-refractivity contribution is -0.135. The Labute approximate surface area is 107 Å². The maximum absolute atomic E-state index is 11.2. The molecule has 0 saturated carbocycles. The Balaban J connectivity index is 1.62. The van der Waals surface area contributed by atoms with Crippen LogP contribution in [0.25, 0.3) is 0 Å². The van der Waals surface area contributed by atoms with Gasteiger partial charge in [0.1, 0.15) is 0 Å². The van der Waals surface area contributed by atoms with Crippen molar-refractivity contribution >= 4 is 11.9 Å². The molecule has 4 nitrogen and oxygen atoms in total. The molecule has 0 spiro atoms. The van der Waals surface area contributed by atoms with E-state index in [9.17, 15) is 9.59 Å². The lowest BCUT2D eigenvalue weighted by Crippen LogP contribution is -1.94. The fraction of sp³-hybridized carbons (Fsp3) is 0.571. The molecule has 2 aliphatic heterocycles. The van der Waals surface area contributed by atoms with Crippen molar-refractivity contribution in [3.8, 4) is 0 Å². The predicted molar refractivity (Wildman–Crippen MR) is 65.8 cm³/mol. The Morgan fingerprint density at radius 1 is 0.833 bits per heavy atom. The van der Waals surface area contributed by atoms with E-state index >= 15 is 0 Å². The van der Waals surface area contributed by atoms with Gasteiger partial charge in [0.05, 0.1) is 13.2 Å². The first-order chi connectivity index (χ1) is 8.77. The van der Waals surface area contributed by atoms with Crippen LogP contribution < -0.4 is 0 Å². The van der Waals surface area contributed by atoms with E-state index < -0.39 is 0 Å². The molecule has 0 aromatic rings. The maximum atomic E-state index is 11.2. The van der Waals surface area contributed by atoms with E-state index in [1.54, 1.807) is 0 Å². The van der Waals surface area contributed by atoms with Gasteiger partial charge in [-0.2, -0.15) is 0 Å². The highest BCUT2D eigenvalue weighted by Crippen LogP contribution is 2.17. The first-order valence-electron chi connectivity index (χ1n) is 6.49. The molecule has 0 radical (unpaired) electrons. The van der Waals surface area contributed by atoms with Gasteiger partial charge in [0.15, 0.2) is 0 Å². The average Bonchev–Trinajstić information content (AvgIpc) is 2.94. The third-order valence-electron chi connectivity index (χ3n) is 3.17. The van der Waals surface area contributed by atoms with Crippen molar-refractivity contribution in [2.45, 2.75) is 38.5 Å². The Bertz CT molecular complexity index is 355. The second-order valence-electron chi connectivity index (χ2n) is 4.52. The quantitative estimate of drug-likeness (QED) is 0.427. The summed E-state index contributed by atoms with van der Waals surface area (Å²) in [5.74, 6) is -0.323. The number of cyclic esters (lactones) is 2. The Morgan fingerprint density at radius 3 is 1.61 bits per heavy atom. The Kier molecular flexibility index (Phi) is 4.56. The van der Waals surface area contributed by atoms with Crippen LogP contribution in [0.15, 0.2) is 23.3 Å². The topological polar surface area (TPSA) is 52.6 Å². The summed E-state index contributed by atoms with van der Waals surface area (Å²) in [4.78, 5) is 22.3. The zero-order valence-corrected chi connectivity index (χ0v) is 10.4. The molecule has 4 heteroatoms. The second-order valence-corrected chi connectivity index (χ2v) is 4.52. The minimum atomic E-state index is -0.161. The van der Waals surface area contributed by atoms with Gasteiger partial charge < -0.3 is 9.47 Å². The van der Waals surface area contributed by atoms with Gasteiger partial charge in [0.25, 0.3) is 0 Å². The average molecular weight is 250 g/mol. The molecule has 0 aliphatic carbocycles. The summed E-state index contributed by atoms with van der Waals surface area (Å²) in [6.45, 7) is 1.05. The largest absolute Gasteiger partial charge is 0.462 e. The predicted octanol–water partition coefficient (Wildman–Crippen LogP) is 2.29. The van der Waals surface area contributed by atoms with Crippen molar-refractivity contribution < 1.29 is 19.1 Å². The summed E-state index contributed by atoms with van der Waals surface area (Å²) in [5.41, 5.74) is 1.63. The summed E-state index contributed by atoms with van der Waals surface area (Å²) in [6, 6.07) is 0. The van der Waals surface area contributed by atoms with Gasteiger partial charge in [-0.25, -0.2) is 9.59 Å². The number of allylic oxidation sites excluding steroid dienone is 2. The number of esters is 2. The first-order valence-corrected chi connectivity index (χ1v) is 6.49. The summed E-state index contributed by atoms with van der Waals surface area (Å²) < 4.78 is 9.71. The van der Waals surface area contributed by atoms with Gasteiger partial charge in [-0.15, -0.1) is 0 Å². The SMILES string of the molecule is O=C1OCC/C1=C/CCCC/C=C1\CCOC1=O. The normalized spacial score (nSPS) is 23.8. The first kappa shape index (κ1) is 12.9. The van der Waals surface area contributed by atoms with Crippen LogP contribution in [0.4, 0.5) is 0 Å². The van der Waals surface area contributed by atoms with Gasteiger partial charge in [0.2, 0.25) is 0 Å². The van der Waals surface area contributed by atoms with E-state index in [1.807, 2.05) is 12.2 Å². The van der Waals surface area contributed by atoms with E-state index in [1.165, 1.54) is 0 Å². The van der Waals surface area contributed by atoms with Gasteiger partial charge in [-0.1, -0.05) is 12.2 Å². The number of rotatable bonds is 5. The smallest absolute Gasteiger partial charge is 0.333 e. The second kappa shape index (κ2) is 6.38. The van der Waals surface area contributed by atoms with Crippen LogP contribution in [0.1, 0.15) is 38.5 Å². The third kappa shape index (κ3) is 3.45. The molecule has 0 atom stereocenters. The highest BCUT2D eigenvalue weighted by atomic mass is 16.5. The van der Waals surface area contributed by atoms with Gasteiger partial charge >= 0.3 is 11.9 Å². The van der Waals surface area contributed by atoms with Crippen LogP contribution >= 0.6 is 0 Å². The zero-order valence-electron chi connectivity index (χ0n) is 10.4.